The second kappa shape index (κ2) is 8.17. The van der Waals surface area contributed by atoms with E-state index in [0.29, 0.717) is 42.5 Å². The molecule has 1 heterocycles. The fourth-order valence-corrected chi connectivity index (χ4v) is 3.46. The highest BCUT2D eigenvalue weighted by Gasteiger charge is 2.25. The Hall–Kier alpha value is -2.62. The number of piperazine rings is 1. The van der Waals surface area contributed by atoms with Crippen LogP contribution in [0.3, 0.4) is 0 Å². The van der Waals surface area contributed by atoms with E-state index in [-0.39, 0.29) is 16.8 Å². The van der Waals surface area contributed by atoms with Crippen LogP contribution >= 0.6 is 11.6 Å². The third-order valence-corrected chi connectivity index (χ3v) is 5.56. The Morgan fingerprint density at radius 1 is 0.893 bits per heavy atom. The summed E-state index contributed by atoms with van der Waals surface area (Å²) >= 11 is 5.84. The predicted molar refractivity (Wildman–Crippen MR) is 106 cm³/mol. The minimum Gasteiger partial charge on any atom is -0.335 e. The molecule has 0 saturated carbocycles. The number of nitrogens with zero attached hydrogens (tertiary/aromatic N) is 2. The monoisotopic (exact) mass is 422 g/mol. The third kappa shape index (κ3) is 4.80. The number of amides is 3. The molecule has 3 N–H and O–H groups in total. The molecule has 0 atom stereocenters. The van der Waals surface area contributed by atoms with Gasteiger partial charge >= 0.3 is 6.03 Å². The molecular weight excluding hydrogens is 404 g/mol. The molecule has 148 valence electrons. The van der Waals surface area contributed by atoms with Crippen molar-refractivity contribution >= 4 is 39.2 Å². The number of urea groups is 1. The maximum atomic E-state index is 12.5. The zero-order valence-electron chi connectivity index (χ0n) is 14.8. The van der Waals surface area contributed by atoms with Crippen molar-refractivity contribution in [1.82, 2.24) is 9.80 Å². The second-order valence-electron chi connectivity index (χ2n) is 6.29. The van der Waals surface area contributed by atoms with Gasteiger partial charge in [0.15, 0.2) is 0 Å². The SMILES string of the molecule is NS(=O)(=O)c1ccc(NC(=O)N2CCN(C(=O)c3ccc(Cl)cc3)CC2)cc1. The number of sulfonamides is 1. The minimum atomic E-state index is -3.78. The van der Waals surface area contributed by atoms with Gasteiger partial charge in [0.2, 0.25) is 10.0 Å². The molecule has 10 heteroatoms. The Labute approximate surface area is 167 Å². The molecule has 0 aliphatic carbocycles. The zero-order valence-corrected chi connectivity index (χ0v) is 16.4. The average molecular weight is 423 g/mol. The number of nitrogens with two attached hydrogens (primary N) is 1. The van der Waals surface area contributed by atoms with Crippen molar-refractivity contribution < 1.29 is 18.0 Å². The fraction of sp³-hybridized carbons (Fsp3) is 0.222. The molecule has 28 heavy (non-hydrogen) atoms. The van der Waals surface area contributed by atoms with Crippen LogP contribution in [0.2, 0.25) is 5.02 Å². The molecule has 1 saturated heterocycles. The van der Waals surface area contributed by atoms with Crippen LogP contribution in [0.15, 0.2) is 53.4 Å². The van der Waals surface area contributed by atoms with E-state index in [4.69, 9.17) is 16.7 Å². The van der Waals surface area contributed by atoms with E-state index >= 15 is 0 Å². The zero-order chi connectivity index (χ0) is 20.3. The van der Waals surface area contributed by atoms with Crippen molar-refractivity contribution in [3.8, 4) is 0 Å². The highest BCUT2D eigenvalue weighted by molar-refractivity contribution is 7.89. The molecule has 2 aromatic carbocycles. The summed E-state index contributed by atoms with van der Waals surface area (Å²) in [4.78, 5) is 28.1. The second-order valence-corrected chi connectivity index (χ2v) is 8.28. The number of hydrogen-bond acceptors (Lipinski definition) is 4. The van der Waals surface area contributed by atoms with Crippen LogP contribution in [-0.2, 0) is 10.0 Å². The summed E-state index contributed by atoms with van der Waals surface area (Å²) in [5.74, 6) is -0.102. The molecule has 1 aliphatic heterocycles. The summed E-state index contributed by atoms with van der Waals surface area (Å²) in [6.07, 6.45) is 0. The Morgan fingerprint density at radius 3 is 1.96 bits per heavy atom. The van der Waals surface area contributed by atoms with Crippen LogP contribution in [0.4, 0.5) is 10.5 Å². The van der Waals surface area contributed by atoms with Gasteiger partial charge in [-0.1, -0.05) is 11.6 Å². The Bertz CT molecular complexity index is 970. The minimum absolute atomic E-state index is 0.0279. The molecule has 3 amide bonds. The first-order valence-corrected chi connectivity index (χ1v) is 10.4. The number of carbonyl (C=O) groups is 2. The van der Waals surface area contributed by atoms with Gasteiger partial charge in [0.25, 0.3) is 5.91 Å². The smallest absolute Gasteiger partial charge is 0.321 e. The van der Waals surface area contributed by atoms with Gasteiger partial charge in [0.1, 0.15) is 0 Å². The number of nitrogens with one attached hydrogen (secondary N) is 1. The van der Waals surface area contributed by atoms with Crippen molar-refractivity contribution in [2.45, 2.75) is 4.90 Å². The van der Waals surface area contributed by atoms with Crippen molar-refractivity contribution in [2.75, 3.05) is 31.5 Å². The summed E-state index contributed by atoms with van der Waals surface area (Å²) < 4.78 is 22.5. The standard InChI is InChI=1S/C18H19ClN4O4S/c19-14-3-1-13(2-4-14)17(24)22-9-11-23(12-10-22)18(25)21-15-5-7-16(8-6-15)28(20,26)27/h1-8H,9-12H2,(H,21,25)(H2,20,26,27). The first-order chi connectivity index (χ1) is 13.2. The lowest BCUT2D eigenvalue weighted by molar-refractivity contribution is 0.0671. The highest BCUT2D eigenvalue weighted by atomic mass is 35.5. The number of benzene rings is 2. The maximum Gasteiger partial charge on any atom is 0.321 e. The Morgan fingerprint density at radius 2 is 1.43 bits per heavy atom. The number of anilines is 1. The molecule has 0 aromatic heterocycles. The van der Waals surface area contributed by atoms with E-state index in [0.717, 1.165) is 0 Å². The van der Waals surface area contributed by atoms with Crippen molar-refractivity contribution in [3.05, 3.63) is 59.1 Å². The van der Waals surface area contributed by atoms with E-state index in [2.05, 4.69) is 5.32 Å². The van der Waals surface area contributed by atoms with Crippen molar-refractivity contribution in [2.24, 2.45) is 5.14 Å². The quantitative estimate of drug-likeness (QED) is 0.787. The predicted octanol–water partition coefficient (Wildman–Crippen LogP) is 1.98. The lowest BCUT2D eigenvalue weighted by Gasteiger charge is -2.34. The van der Waals surface area contributed by atoms with E-state index in [1.165, 1.54) is 24.3 Å². The summed E-state index contributed by atoms with van der Waals surface area (Å²) in [7, 11) is -3.78. The lowest BCUT2D eigenvalue weighted by atomic mass is 10.2. The molecular formula is C18H19ClN4O4S. The fourth-order valence-electron chi connectivity index (χ4n) is 2.82. The number of primary sulfonamides is 1. The molecule has 0 radical (unpaired) electrons. The van der Waals surface area contributed by atoms with Crippen LogP contribution in [-0.4, -0.2) is 56.3 Å². The van der Waals surface area contributed by atoms with Gasteiger partial charge in [0.05, 0.1) is 4.90 Å². The van der Waals surface area contributed by atoms with Gasteiger partial charge < -0.3 is 15.1 Å². The lowest BCUT2D eigenvalue weighted by Crippen LogP contribution is -2.51. The van der Waals surface area contributed by atoms with Crippen LogP contribution in [0.1, 0.15) is 10.4 Å². The topological polar surface area (TPSA) is 113 Å². The van der Waals surface area contributed by atoms with E-state index in [1.807, 2.05) is 0 Å². The van der Waals surface area contributed by atoms with Gasteiger partial charge in [-0.2, -0.15) is 0 Å². The maximum absolute atomic E-state index is 12.5. The summed E-state index contributed by atoms with van der Waals surface area (Å²) in [5.41, 5.74) is 1.01. The molecule has 0 unspecified atom stereocenters. The van der Waals surface area contributed by atoms with Gasteiger partial charge in [-0.3, -0.25) is 4.79 Å². The summed E-state index contributed by atoms with van der Waals surface area (Å²) in [6.45, 7) is 1.61. The van der Waals surface area contributed by atoms with Gasteiger partial charge in [-0.25, -0.2) is 18.4 Å². The summed E-state index contributed by atoms with van der Waals surface area (Å²) in [6, 6.07) is 12.0. The third-order valence-electron chi connectivity index (χ3n) is 4.38. The van der Waals surface area contributed by atoms with Crippen molar-refractivity contribution in [1.29, 1.82) is 0 Å². The van der Waals surface area contributed by atoms with Crippen molar-refractivity contribution in [3.63, 3.8) is 0 Å². The molecule has 2 aromatic rings. The first-order valence-electron chi connectivity index (χ1n) is 8.48. The van der Waals surface area contributed by atoms with Gasteiger partial charge in [0, 0.05) is 42.5 Å². The van der Waals surface area contributed by atoms with Crippen LogP contribution in [0.5, 0.6) is 0 Å². The molecule has 1 aliphatic rings. The first kappa shape index (κ1) is 20.1. The van der Waals surface area contributed by atoms with E-state index in [1.54, 1.807) is 34.1 Å². The number of rotatable bonds is 3. The molecule has 0 spiro atoms. The van der Waals surface area contributed by atoms with E-state index in [9.17, 15) is 18.0 Å². The normalized spacial score (nSPS) is 14.6. The largest absolute Gasteiger partial charge is 0.335 e. The average Bonchev–Trinajstić information content (AvgIpc) is 2.68. The number of hydrogen-bond donors (Lipinski definition) is 2. The molecule has 8 nitrogen and oxygen atoms in total. The van der Waals surface area contributed by atoms with Crippen LogP contribution in [0.25, 0.3) is 0 Å². The van der Waals surface area contributed by atoms with Crippen LogP contribution < -0.4 is 10.5 Å². The Balaban J connectivity index is 1.55. The van der Waals surface area contributed by atoms with E-state index < -0.39 is 10.0 Å². The van der Waals surface area contributed by atoms with Crippen LogP contribution in [0, 0.1) is 0 Å². The highest BCUT2D eigenvalue weighted by Crippen LogP contribution is 2.15. The molecule has 1 fully saturated rings. The molecule has 0 bridgehead atoms. The summed E-state index contributed by atoms with van der Waals surface area (Å²) in [5, 5.41) is 8.32. The van der Waals surface area contributed by atoms with Gasteiger partial charge in [-0.05, 0) is 48.5 Å². The Kier molecular flexibility index (Phi) is 5.87. The number of halogens is 1. The van der Waals surface area contributed by atoms with Gasteiger partial charge in [-0.15, -0.1) is 0 Å². The molecule has 3 rings (SSSR count). The number of carbonyl (C=O) groups excluding carboxylic acids is 2.